The molecule has 0 aliphatic carbocycles. The molecule has 0 aromatic carbocycles. The van der Waals surface area contributed by atoms with E-state index in [4.69, 9.17) is 0 Å². The number of halogens is 1. The lowest BCUT2D eigenvalue weighted by molar-refractivity contribution is 0.581. The van der Waals surface area contributed by atoms with E-state index in [1.54, 1.807) is 12.4 Å². The van der Waals surface area contributed by atoms with E-state index in [2.05, 4.69) is 9.97 Å². The highest BCUT2D eigenvalue weighted by Gasteiger charge is 1.90. The Balaban J connectivity index is 0. The van der Waals surface area contributed by atoms with Gasteiger partial charge in [-0.3, -0.25) is 4.98 Å². The smallest absolute Gasteiger partial charge is 0.213 e. The second kappa shape index (κ2) is 15.3. The second-order valence-corrected chi connectivity index (χ2v) is 3.36. The van der Waals surface area contributed by atoms with Gasteiger partial charge in [0.15, 0.2) is 0 Å². The Morgan fingerprint density at radius 3 is 1.80 bits per heavy atom. The zero-order valence-corrected chi connectivity index (χ0v) is 13.5. The lowest BCUT2D eigenvalue weighted by Gasteiger charge is -1.91. The van der Waals surface area contributed by atoms with Crippen LogP contribution in [0.2, 0.25) is 0 Å². The van der Waals surface area contributed by atoms with Crippen LogP contribution in [0.3, 0.4) is 0 Å². The van der Waals surface area contributed by atoms with Crippen molar-refractivity contribution in [3.05, 3.63) is 59.9 Å². The van der Waals surface area contributed by atoms with Gasteiger partial charge in [-0.25, -0.2) is 4.98 Å². The van der Waals surface area contributed by atoms with Crippen molar-refractivity contribution in [2.24, 2.45) is 0 Å². The highest BCUT2D eigenvalue weighted by Crippen LogP contribution is 1.99. The maximum absolute atomic E-state index is 12.2. The average molecular weight is 278 g/mol. The Hall–Kier alpha value is -1.77. The van der Waals surface area contributed by atoms with Gasteiger partial charge in [0.05, 0.1) is 0 Å². The fraction of sp³-hybridized carbons (Fsp3) is 0.412. The Morgan fingerprint density at radius 1 is 0.950 bits per heavy atom. The van der Waals surface area contributed by atoms with Gasteiger partial charge in [-0.15, -0.1) is 0 Å². The van der Waals surface area contributed by atoms with Gasteiger partial charge in [-0.1, -0.05) is 34.6 Å². The first-order valence-electron chi connectivity index (χ1n) is 7.19. The molecular weight excluding hydrogens is 251 g/mol. The van der Waals surface area contributed by atoms with Crippen LogP contribution in [-0.2, 0) is 6.42 Å². The molecule has 0 spiro atoms. The number of aromatic nitrogens is 2. The van der Waals surface area contributed by atoms with Gasteiger partial charge in [0.2, 0.25) is 5.95 Å². The van der Waals surface area contributed by atoms with Crippen molar-refractivity contribution in [1.29, 1.82) is 0 Å². The summed E-state index contributed by atoms with van der Waals surface area (Å²) in [5.41, 5.74) is 2.25. The minimum atomic E-state index is -0.394. The summed E-state index contributed by atoms with van der Waals surface area (Å²) >= 11 is 0. The third kappa shape index (κ3) is 11.3. The van der Waals surface area contributed by atoms with Crippen molar-refractivity contribution < 1.29 is 4.39 Å². The van der Waals surface area contributed by atoms with E-state index in [0.29, 0.717) is 0 Å². The van der Waals surface area contributed by atoms with Gasteiger partial charge in [0.25, 0.3) is 0 Å². The van der Waals surface area contributed by atoms with E-state index in [0.717, 1.165) is 12.0 Å². The number of nitrogens with zero attached hydrogens (tertiary/aromatic N) is 2. The fourth-order valence-corrected chi connectivity index (χ4v) is 1.09. The second-order valence-electron chi connectivity index (χ2n) is 3.36. The lowest BCUT2D eigenvalue weighted by Crippen LogP contribution is -1.84. The van der Waals surface area contributed by atoms with Crippen LogP contribution >= 0.6 is 0 Å². The molecule has 0 bridgehead atoms. The lowest BCUT2D eigenvalue weighted by atomic mass is 10.2. The van der Waals surface area contributed by atoms with Crippen molar-refractivity contribution in [1.82, 2.24) is 9.97 Å². The minimum Gasteiger partial charge on any atom is -0.265 e. The summed E-state index contributed by atoms with van der Waals surface area (Å²) in [7, 11) is 0. The minimum absolute atomic E-state index is 0.394. The molecule has 0 aliphatic rings. The maximum Gasteiger partial charge on any atom is 0.213 e. The Morgan fingerprint density at radius 2 is 1.50 bits per heavy atom. The van der Waals surface area contributed by atoms with E-state index < -0.39 is 5.95 Å². The SMILES string of the molecule is CC.CC.CCc1ccnc(F)c1.Cc1ccncc1. The summed E-state index contributed by atoms with van der Waals surface area (Å²) in [4.78, 5) is 7.27. The van der Waals surface area contributed by atoms with Crippen LogP contribution in [0, 0.1) is 12.9 Å². The zero-order chi connectivity index (χ0) is 15.8. The Bertz CT molecular complexity index is 416. The summed E-state index contributed by atoms with van der Waals surface area (Å²) in [6.07, 6.45) is 5.91. The Labute approximate surface area is 123 Å². The van der Waals surface area contributed by atoms with Crippen LogP contribution in [0.15, 0.2) is 42.9 Å². The molecule has 0 saturated heterocycles. The highest BCUT2D eigenvalue weighted by atomic mass is 19.1. The van der Waals surface area contributed by atoms with Crippen LogP contribution < -0.4 is 0 Å². The van der Waals surface area contributed by atoms with Gasteiger partial charge >= 0.3 is 0 Å². The first-order valence-corrected chi connectivity index (χ1v) is 7.19. The van der Waals surface area contributed by atoms with Crippen molar-refractivity contribution in [3.8, 4) is 0 Å². The molecule has 0 unspecified atom stereocenters. The maximum atomic E-state index is 12.2. The highest BCUT2D eigenvalue weighted by molar-refractivity contribution is 5.09. The molecule has 3 heteroatoms. The van der Waals surface area contributed by atoms with Crippen molar-refractivity contribution >= 4 is 0 Å². The van der Waals surface area contributed by atoms with Gasteiger partial charge in [-0.2, -0.15) is 4.39 Å². The molecule has 0 saturated carbocycles. The Kier molecular flexibility index (Phi) is 15.7. The molecule has 0 amide bonds. The van der Waals surface area contributed by atoms with E-state index >= 15 is 0 Å². The first kappa shape index (κ1) is 20.5. The normalized spacial score (nSPS) is 7.95. The summed E-state index contributed by atoms with van der Waals surface area (Å²) < 4.78 is 12.2. The van der Waals surface area contributed by atoms with Crippen LogP contribution in [0.4, 0.5) is 4.39 Å². The summed E-state index contributed by atoms with van der Waals surface area (Å²) in [5.74, 6) is -0.394. The molecule has 2 aromatic rings. The monoisotopic (exact) mass is 278 g/mol. The molecule has 112 valence electrons. The van der Waals surface area contributed by atoms with Crippen LogP contribution in [0.1, 0.15) is 45.7 Å². The molecule has 0 aliphatic heterocycles. The molecule has 0 radical (unpaired) electrons. The van der Waals surface area contributed by atoms with Gasteiger partial charge in [0.1, 0.15) is 0 Å². The number of pyridine rings is 2. The molecule has 2 rings (SSSR count). The topological polar surface area (TPSA) is 25.8 Å². The average Bonchev–Trinajstić information content (AvgIpc) is 2.52. The van der Waals surface area contributed by atoms with E-state index in [1.807, 2.05) is 59.7 Å². The first-order chi connectivity index (χ1) is 9.72. The van der Waals surface area contributed by atoms with E-state index in [1.165, 1.54) is 17.8 Å². The molecule has 0 N–H and O–H groups in total. The van der Waals surface area contributed by atoms with E-state index in [-0.39, 0.29) is 0 Å². The summed E-state index contributed by atoms with van der Waals surface area (Å²) in [5, 5.41) is 0. The number of hydrogen-bond donors (Lipinski definition) is 0. The summed E-state index contributed by atoms with van der Waals surface area (Å²) in [6.45, 7) is 12.0. The number of rotatable bonds is 1. The summed E-state index contributed by atoms with van der Waals surface area (Å²) in [6, 6.07) is 7.20. The third-order valence-electron chi connectivity index (χ3n) is 2.05. The molecule has 2 aromatic heterocycles. The number of aryl methyl sites for hydroxylation is 2. The van der Waals surface area contributed by atoms with Gasteiger partial charge in [-0.05, 0) is 48.7 Å². The fourth-order valence-electron chi connectivity index (χ4n) is 1.09. The third-order valence-corrected chi connectivity index (χ3v) is 2.05. The van der Waals surface area contributed by atoms with Crippen LogP contribution in [0.25, 0.3) is 0 Å². The molecule has 2 nitrogen and oxygen atoms in total. The predicted octanol–water partition coefficient (Wildman–Crippen LogP) is 5.23. The largest absolute Gasteiger partial charge is 0.265 e. The zero-order valence-electron chi connectivity index (χ0n) is 13.5. The predicted molar refractivity (Wildman–Crippen MR) is 85.2 cm³/mol. The molecule has 2 heterocycles. The van der Waals surface area contributed by atoms with Crippen LogP contribution in [-0.4, -0.2) is 9.97 Å². The molecule has 20 heavy (non-hydrogen) atoms. The van der Waals surface area contributed by atoms with Crippen LogP contribution in [0.5, 0.6) is 0 Å². The molecule has 0 fully saturated rings. The van der Waals surface area contributed by atoms with Gasteiger partial charge < -0.3 is 0 Å². The van der Waals surface area contributed by atoms with Gasteiger partial charge in [0, 0.05) is 18.6 Å². The van der Waals surface area contributed by atoms with Crippen molar-refractivity contribution in [3.63, 3.8) is 0 Å². The quantitative estimate of drug-likeness (QED) is 0.668. The van der Waals surface area contributed by atoms with Crippen molar-refractivity contribution in [2.45, 2.75) is 48.0 Å². The van der Waals surface area contributed by atoms with Crippen molar-refractivity contribution in [2.75, 3.05) is 0 Å². The van der Waals surface area contributed by atoms with E-state index in [9.17, 15) is 4.39 Å². The molecule has 0 atom stereocenters. The standard InChI is InChI=1S/C7H8FN.C6H7N.2C2H6/c1-2-6-3-4-9-7(8)5-6;1-6-2-4-7-5-3-6;2*1-2/h3-5H,2H2,1H3;2-5H,1H3;2*1-2H3. The number of hydrogen-bond acceptors (Lipinski definition) is 2. The molecular formula is C17H27FN2.